The highest BCUT2D eigenvalue weighted by Gasteiger charge is 2.50. The second-order valence-corrected chi connectivity index (χ2v) is 8.56. The molecule has 1 aromatic carbocycles. The Morgan fingerprint density at radius 1 is 1.38 bits per heavy atom. The van der Waals surface area contributed by atoms with Crippen molar-refractivity contribution in [3.63, 3.8) is 0 Å². The normalized spacial score (nSPS) is 28.7. The molecule has 2 atom stereocenters. The van der Waals surface area contributed by atoms with Gasteiger partial charge in [0.1, 0.15) is 5.75 Å². The lowest BCUT2D eigenvalue weighted by atomic mass is 9.82. The van der Waals surface area contributed by atoms with Crippen molar-refractivity contribution in [3.8, 4) is 5.75 Å². The van der Waals surface area contributed by atoms with Crippen molar-refractivity contribution in [2.45, 2.75) is 25.8 Å². The molecule has 0 radical (unpaired) electrons. The van der Waals surface area contributed by atoms with E-state index in [9.17, 15) is 5.11 Å². The van der Waals surface area contributed by atoms with Gasteiger partial charge in [-0.15, -0.1) is 0 Å². The van der Waals surface area contributed by atoms with E-state index in [0.717, 1.165) is 42.6 Å². The van der Waals surface area contributed by atoms with E-state index in [1.54, 1.807) is 0 Å². The predicted octanol–water partition coefficient (Wildman–Crippen LogP) is 2.15. The predicted molar refractivity (Wildman–Crippen MR) is 97.8 cm³/mol. The third-order valence-corrected chi connectivity index (χ3v) is 5.96. The smallest absolute Gasteiger partial charge is 0.290 e. The van der Waals surface area contributed by atoms with Gasteiger partial charge in [-0.05, 0) is 12.1 Å². The Balaban J connectivity index is 0.000000613. The van der Waals surface area contributed by atoms with Crippen LogP contribution in [0.15, 0.2) is 12.1 Å². The summed E-state index contributed by atoms with van der Waals surface area (Å²) >= 11 is 6.36. The minimum absolute atomic E-state index is 0.0106. The van der Waals surface area contributed by atoms with E-state index in [-0.39, 0.29) is 23.9 Å². The Kier molecular flexibility index (Phi) is 5.49. The molecule has 0 spiro atoms. The summed E-state index contributed by atoms with van der Waals surface area (Å²) in [5, 5.41) is 17.5. The first-order valence-electron chi connectivity index (χ1n) is 8.80. The molecule has 0 unspecified atom stereocenters. The molecule has 0 aromatic heterocycles. The van der Waals surface area contributed by atoms with E-state index in [2.05, 4.69) is 18.7 Å². The van der Waals surface area contributed by atoms with Gasteiger partial charge < -0.3 is 19.7 Å². The molecule has 3 aliphatic heterocycles. The third kappa shape index (κ3) is 3.43. The number of fused-ring (bicyclic) bond motifs is 2. The highest BCUT2D eigenvalue weighted by atomic mass is 35.5. The number of benzene rings is 1. The molecule has 26 heavy (non-hydrogen) atoms. The van der Waals surface area contributed by atoms with Gasteiger partial charge in [-0.1, -0.05) is 25.4 Å². The van der Waals surface area contributed by atoms with E-state index in [0.29, 0.717) is 19.1 Å². The lowest BCUT2D eigenvalue weighted by Gasteiger charge is -2.24. The number of hydrogen-bond acceptors (Lipinski definition) is 5. The highest BCUT2D eigenvalue weighted by molar-refractivity contribution is 6.30. The summed E-state index contributed by atoms with van der Waals surface area (Å²) in [6, 6.07) is 4.06. The molecule has 6 nitrogen and oxygen atoms in total. The standard InChI is InChI=1S/C18H24ClNO3.CH2O2/c1-17(2)10-23-16-12(3-14(19)4-15(16)17)5-20-6-13-7-22-11-18(13,8-20)9-21;2-1-3/h3-4,13,21H,5-11H2,1-2H3;1H,(H,2,3)/t13-,18-;/m0./s1. The van der Waals surface area contributed by atoms with Crippen molar-refractivity contribution >= 4 is 18.1 Å². The van der Waals surface area contributed by atoms with Crippen LogP contribution in [0.4, 0.5) is 0 Å². The van der Waals surface area contributed by atoms with Crippen LogP contribution in [-0.2, 0) is 21.5 Å². The van der Waals surface area contributed by atoms with Crippen molar-refractivity contribution in [2.24, 2.45) is 11.3 Å². The molecule has 2 saturated heterocycles. The maximum absolute atomic E-state index is 9.83. The molecule has 2 N–H and O–H groups in total. The fourth-order valence-electron chi connectivity index (χ4n) is 4.30. The lowest BCUT2D eigenvalue weighted by molar-refractivity contribution is -0.122. The van der Waals surface area contributed by atoms with Crippen molar-refractivity contribution in [2.75, 3.05) is 39.5 Å². The second-order valence-electron chi connectivity index (χ2n) is 8.12. The average Bonchev–Trinajstić information content (AvgIpc) is 3.19. The van der Waals surface area contributed by atoms with Gasteiger partial charge in [0.05, 0.1) is 26.4 Å². The van der Waals surface area contributed by atoms with E-state index in [4.69, 9.17) is 31.0 Å². The third-order valence-electron chi connectivity index (χ3n) is 5.74. The van der Waals surface area contributed by atoms with Gasteiger partial charge >= 0.3 is 0 Å². The Morgan fingerprint density at radius 3 is 2.77 bits per heavy atom. The number of carboxylic acid groups (broad SMARTS) is 1. The van der Waals surface area contributed by atoms with Gasteiger partial charge in [0, 0.05) is 52.5 Å². The largest absolute Gasteiger partial charge is 0.492 e. The van der Waals surface area contributed by atoms with E-state index >= 15 is 0 Å². The summed E-state index contributed by atoms with van der Waals surface area (Å²) in [6.45, 7) is 9.12. The quantitative estimate of drug-likeness (QED) is 0.779. The summed E-state index contributed by atoms with van der Waals surface area (Å²) in [6.07, 6.45) is 0. The monoisotopic (exact) mass is 383 g/mol. The minimum Gasteiger partial charge on any atom is -0.492 e. The molecule has 144 valence electrons. The molecular weight excluding hydrogens is 358 g/mol. The van der Waals surface area contributed by atoms with Crippen LogP contribution in [0.3, 0.4) is 0 Å². The molecule has 3 aliphatic rings. The first-order chi connectivity index (χ1) is 12.3. The topological polar surface area (TPSA) is 79.2 Å². The van der Waals surface area contributed by atoms with Crippen LogP contribution in [0.2, 0.25) is 5.02 Å². The maximum atomic E-state index is 9.83. The maximum Gasteiger partial charge on any atom is 0.290 e. The summed E-state index contributed by atoms with van der Waals surface area (Å²) in [5.41, 5.74) is 2.30. The zero-order valence-electron chi connectivity index (χ0n) is 15.2. The van der Waals surface area contributed by atoms with Gasteiger partial charge in [0.25, 0.3) is 6.47 Å². The number of halogens is 1. The summed E-state index contributed by atoms with van der Waals surface area (Å²) in [7, 11) is 0. The molecule has 0 bridgehead atoms. The van der Waals surface area contributed by atoms with Crippen LogP contribution in [0, 0.1) is 11.3 Å². The molecule has 1 aromatic rings. The molecule has 0 aliphatic carbocycles. The number of carbonyl (C=O) groups is 1. The van der Waals surface area contributed by atoms with Crippen LogP contribution < -0.4 is 4.74 Å². The number of likely N-dealkylation sites (tertiary alicyclic amines) is 1. The first-order valence-corrected chi connectivity index (χ1v) is 9.17. The fourth-order valence-corrected chi connectivity index (χ4v) is 4.54. The minimum atomic E-state index is -0.250. The number of hydrogen-bond donors (Lipinski definition) is 2. The van der Waals surface area contributed by atoms with Crippen LogP contribution in [0.5, 0.6) is 5.75 Å². The highest BCUT2D eigenvalue weighted by Crippen LogP contribution is 2.45. The average molecular weight is 384 g/mol. The first kappa shape index (κ1) is 19.4. The second kappa shape index (κ2) is 7.35. The van der Waals surface area contributed by atoms with Crippen molar-refractivity contribution < 1.29 is 24.5 Å². The van der Waals surface area contributed by atoms with Crippen LogP contribution in [-0.4, -0.2) is 61.1 Å². The zero-order valence-corrected chi connectivity index (χ0v) is 16.0. The molecule has 0 saturated carbocycles. The fraction of sp³-hybridized carbons (Fsp3) is 0.632. The number of nitrogens with zero attached hydrogens (tertiary/aromatic N) is 1. The van der Waals surface area contributed by atoms with Gasteiger partial charge in [-0.3, -0.25) is 9.69 Å². The van der Waals surface area contributed by atoms with E-state index in [1.807, 2.05) is 12.1 Å². The summed E-state index contributed by atoms with van der Waals surface area (Å²) in [5.74, 6) is 1.43. The van der Waals surface area contributed by atoms with Crippen molar-refractivity contribution in [3.05, 3.63) is 28.3 Å². The zero-order chi connectivity index (χ0) is 18.9. The number of ether oxygens (including phenoxy) is 2. The Bertz CT molecular complexity index is 680. The Labute approximate surface area is 158 Å². The Hall–Kier alpha value is -1.34. The lowest BCUT2D eigenvalue weighted by Crippen LogP contribution is -2.34. The molecular formula is C19H26ClNO5. The molecule has 7 heteroatoms. The van der Waals surface area contributed by atoms with Gasteiger partial charge in [-0.2, -0.15) is 0 Å². The Morgan fingerprint density at radius 2 is 2.12 bits per heavy atom. The van der Waals surface area contributed by atoms with E-state index in [1.165, 1.54) is 5.56 Å². The van der Waals surface area contributed by atoms with Gasteiger partial charge in [0.2, 0.25) is 0 Å². The summed E-state index contributed by atoms with van der Waals surface area (Å²) < 4.78 is 11.6. The number of aliphatic hydroxyl groups is 1. The van der Waals surface area contributed by atoms with Gasteiger partial charge in [0.15, 0.2) is 0 Å². The summed E-state index contributed by atoms with van der Waals surface area (Å²) in [4.78, 5) is 10.8. The van der Waals surface area contributed by atoms with Gasteiger partial charge in [-0.25, -0.2) is 0 Å². The molecule has 3 heterocycles. The SMILES string of the molecule is CC1(C)COc2c(CN3C[C@H]4COC[C@@]4(CO)C3)cc(Cl)cc21.O=CO. The van der Waals surface area contributed by atoms with E-state index < -0.39 is 0 Å². The number of aliphatic hydroxyl groups excluding tert-OH is 1. The molecule has 2 fully saturated rings. The van der Waals surface area contributed by atoms with Crippen LogP contribution in [0.1, 0.15) is 25.0 Å². The van der Waals surface area contributed by atoms with Crippen LogP contribution in [0.25, 0.3) is 0 Å². The van der Waals surface area contributed by atoms with Crippen LogP contribution >= 0.6 is 11.6 Å². The number of rotatable bonds is 3. The van der Waals surface area contributed by atoms with Crippen molar-refractivity contribution in [1.82, 2.24) is 4.90 Å². The molecule has 4 rings (SSSR count). The molecule has 0 amide bonds. The van der Waals surface area contributed by atoms with Crippen molar-refractivity contribution in [1.29, 1.82) is 0 Å².